The minimum Gasteiger partial charge on any atom is -0.507 e. The van der Waals surface area contributed by atoms with E-state index in [0.717, 1.165) is 0 Å². The van der Waals surface area contributed by atoms with Crippen LogP contribution in [0.15, 0.2) is 48.0 Å². The molecule has 0 aromatic heterocycles. The van der Waals surface area contributed by atoms with E-state index < -0.39 is 29.3 Å². The van der Waals surface area contributed by atoms with Crippen LogP contribution < -0.4 is 4.74 Å². The standard InChI is InChI=1S/C22H21ClFNO5/c1-3-30-17-9-8-13(12-15(17)23)20(26)18-19(14-6-4-5-7-16(14)24)25(10-11-29-2)22(28)21(18)27/h4-9,12,19,26H,3,10-11H2,1-2H3/t19-/m0/s1. The number of ether oxygens (including phenoxy) is 2. The minimum atomic E-state index is -1.09. The monoisotopic (exact) mass is 433 g/mol. The molecule has 3 rings (SSSR count). The smallest absolute Gasteiger partial charge is 0.295 e. The van der Waals surface area contributed by atoms with Crippen LogP contribution in [0, 0.1) is 5.82 Å². The number of ketones is 1. The third-order valence-corrected chi connectivity index (χ3v) is 5.08. The van der Waals surface area contributed by atoms with Gasteiger partial charge in [-0.25, -0.2) is 4.39 Å². The van der Waals surface area contributed by atoms with Crippen molar-refractivity contribution in [3.8, 4) is 5.75 Å². The van der Waals surface area contributed by atoms with Crippen molar-refractivity contribution < 1.29 is 28.6 Å². The molecule has 2 aromatic rings. The van der Waals surface area contributed by atoms with Gasteiger partial charge in [-0.15, -0.1) is 0 Å². The highest BCUT2D eigenvalue weighted by Gasteiger charge is 2.46. The molecule has 0 bridgehead atoms. The van der Waals surface area contributed by atoms with Crippen molar-refractivity contribution in [1.82, 2.24) is 4.90 Å². The molecule has 1 saturated heterocycles. The third-order valence-electron chi connectivity index (χ3n) is 4.78. The molecule has 1 fully saturated rings. The number of hydrogen-bond donors (Lipinski definition) is 1. The predicted octanol–water partition coefficient (Wildman–Crippen LogP) is 3.95. The Morgan fingerprint density at radius 1 is 1.23 bits per heavy atom. The number of aliphatic hydroxyl groups excluding tert-OH is 1. The first-order valence-corrected chi connectivity index (χ1v) is 9.73. The number of aliphatic hydroxyl groups is 1. The number of methoxy groups -OCH3 is 1. The van der Waals surface area contributed by atoms with Crippen molar-refractivity contribution in [3.05, 3.63) is 70.0 Å². The fourth-order valence-corrected chi connectivity index (χ4v) is 3.63. The summed E-state index contributed by atoms with van der Waals surface area (Å²) in [5.41, 5.74) is 0.113. The van der Waals surface area contributed by atoms with E-state index in [1.54, 1.807) is 19.1 Å². The van der Waals surface area contributed by atoms with Gasteiger partial charge in [-0.3, -0.25) is 9.59 Å². The van der Waals surface area contributed by atoms with Gasteiger partial charge in [0.2, 0.25) is 0 Å². The lowest BCUT2D eigenvalue weighted by Gasteiger charge is -2.25. The number of carbonyl (C=O) groups excluding carboxylic acids is 2. The van der Waals surface area contributed by atoms with Crippen LogP contribution >= 0.6 is 11.6 Å². The Bertz CT molecular complexity index is 1010. The largest absolute Gasteiger partial charge is 0.507 e. The molecule has 8 heteroatoms. The Labute approximate surface area is 178 Å². The number of benzene rings is 2. The van der Waals surface area contributed by atoms with Gasteiger partial charge >= 0.3 is 0 Å². The van der Waals surface area contributed by atoms with Gasteiger partial charge in [0.1, 0.15) is 17.3 Å². The van der Waals surface area contributed by atoms with Crippen molar-refractivity contribution in [3.63, 3.8) is 0 Å². The van der Waals surface area contributed by atoms with E-state index in [2.05, 4.69) is 0 Å². The van der Waals surface area contributed by atoms with Gasteiger partial charge in [-0.2, -0.15) is 0 Å². The molecule has 158 valence electrons. The van der Waals surface area contributed by atoms with Crippen molar-refractivity contribution in [2.75, 3.05) is 26.9 Å². The maximum Gasteiger partial charge on any atom is 0.295 e. The van der Waals surface area contributed by atoms with Crippen LogP contribution in [0.2, 0.25) is 5.02 Å². The second-order valence-corrected chi connectivity index (χ2v) is 6.99. The fourth-order valence-electron chi connectivity index (χ4n) is 3.40. The first kappa shape index (κ1) is 21.8. The number of rotatable bonds is 7. The first-order chi connectivity index (χ1) is 14.4. The molecule has 1 aliphatic rings. The summed E-state index contributed by atoms with van der Waals surface area (Å²) in [6.45, 7) is 2.41. The molecule has 6 nitrogen and oxygen atoms in total. The van der Waals surface area contributed by atoms with Crippen LogP contribution in [0.25, 0.3) is 5.76 Å². The van der Waals surface area contributed by atoms with Crippen molar-refractivity contribution in [1.29, 1.82) is 0 Å². The lowest BCUT2D eigenvalue weighted by Crippen LogP contribution is -2.33. The summed E-state index contributed by atoms with van der Waals surface area (Å²) in [5.74, 6) is -2.35. The highest BCUT2D eigenvalue weighted by molar-refractivity contribution is 6.46. The van der Waals surface area contributed by atoms with Gasteiger partial charge in [0.05, 0.1) is 29.9 Å². The van der Waals surface area contributed by atoms with Gasteiger partial charge in [0.25, 0.3) is 11.7 Å². The van der Waals surface area contributed by atoms with Crippen LogP contribution in [-0.2, 0) is 14.3 Å². The van der Waals surface area contributed by atoms with Gasteiger partial charge in [-0.05, 0) is 31.2 Å². The normalized spacial score (nSPS) is 18.1. The number of Topliss-reactive ketones (excluding diaryl/α,β-unsaturated/α-hetero) is 1. The van der Waals surface area contributed by atoms with Crippen LogP contribution in [0.5, 0.6) is 5.75 Å². The van der Waals surface area contributed by atoms with Crippen molar-refractivity contribution in [2.24, 2.45) is 0 Å². The molecule has 2 aromatic carbocycles. The molecule has 30 heavy (non-hydrogen) atoms. The molecule has 1 aliphatic heterocycles. The highest BCUT2D eigenvalue weighted by Crippen LogP contribution is 2.40. The molecule has 0 saturated carbocycles. The lowest BCUT2D eigenvalue weighted by molar-refractivity contribution is -0.140. The second-order valence-electron chi connectivity index (χ2n) is 6.59. The van der Waals surface area contributed by atoms with Gasteiger partial charge in [0.15, 0.2) is 0 Å². The number of halogens is 2. The Morgan fingerprint density at radius 3 is 2.60 bits per heavy atom. The molecule has 0 spiro atoms. The van der Waals surface area contributed by atoms with E-state index in [-0.39, 0.29) is 34.9 Å². The Hall–Kier alpha value is -2.90. The quantitative estimate of drug-likeness (QED) is 0.406. The fraction of sp³-hybridized carbons (Fsp3) is 0.273. The lowest BCUT2D eigenvalue weighted by atomic mass is 9.95. The van der Waals surface area contributed by atoms with Crippen molar-refractivity contribution >= 4 is 29.1 Å². The summed E-state index contributed by atoms with van der Waals surface area (Å²) in [4.78, 5) is 26.7. The summed E-state index contributed by atoms with van der Waals surface area (Å²) >= 11 is 6.20. The number of amides is 1. The van der Waals surface area contributed by atoms with E-state index in [9.17, 15) is 19.1 Å². The number of likely N-dealkylation sites (tertiary alicyclic amines) is 1. The average Bonchev–Trinajstić information content (AvgIpc) is 2.98. The van der Waals surface area contributed by atoms with Crippen LogP contribution in [0.4, 0.5) is 4.39 Å². The summed E-state index contributed by atoms with van der Waals surface area (Å²) in [6.07, 6.45) is 0. The molecule has 1 amide bonds. The Balaban J connectivity index is 2.16. The summed E-state index contributed by atoms with van der Waals surface area (Å²) in [7, 11) is 1.45. The first-order valence-electron chi connectivity index (χ1n) is 9.35. The average molecular weight is 434 g/mol. The SMILES string of the molecule is CCOc1ccc(C(O)=C2C(=O)C(=O)N(CCOC)[C@H]2c2ccccc2F)cc1Cl. The molecule has 0 aliphatic carbocycles. The van der Waals surface area contributed by atoms with Gasteiger partial charge in [-0.1, -0.05) is 29.8 Å². The highest BCUT2D eigenvalue weighted by atomic mass is 35.5. The summed E-state index contributed by atoms with van der Waals surface area (Å²) in [6, 6.07) is 9.24. The number of hydrogen-bond acceptors (Lipinski definition) is 5. The van der Waals surface area contributed by atoms with Gasteiger partial charge < -0.3 is 19.5 Å². The molecule has 1 atom stereocenters. The topological polar surface area (TPSA) is 76.1 Å². The molecule has 0 radical (unpaired) electrons. The zero-order valence-electron chi connectivity index (χ0n) is 16.5. The molecule has 1 N–H and O–H groups in total. The maximum absolute atomic E-state index is 14.6. The number of nitrogens with zero attached hydrogens (tertiary/aromatic N) is 1. The van der Waals surface area contributed by atoms with E-state index in [4.69, 9.17) is 21.1 Å². The Morgan fingerprint density at radius 2 is 1.97 bits per heavy atom. The van der Waals surface area contributed by atoms with E-state index >= 15 is 0 Å². The van der Waals surface area contributed by atoms with Crippen LogP contribution in [-0.4, -0.2) is 48.6 Å². The van der Waals surface area contributed by atoms with E-state index in [1.165, 1.54) is 42.3 Å². The molecular formula is C22H21ClFNO5. The van der Waals surface area contributed by atoms with Crippen LogP contribution in [0.1, 0.15) is 24.1 Å². The zero-order chi connectivity index (χ0) is 21.8. The predicted molar refractivity (Wildman–Crippen MR) is 110 cm³/mol. The zero-order valence-corrected chi connectivity index (χ0v) is 17.3. The molecular weight excluding hydrogens is 413 g/mol. The molecule has 0 unspecified atom stereocenters. The van der Waals surface area contributed by atoms with E-state index in [0.29, 0.717) is 12.4 Å². The van der Waals surface area contributed by atoms with Crippen LogP contribution in [0.3, 0.4) is 0 Å². The third kappa shape index (κ3) is 4.04. The van der Waals surface area contributed by atoms with Crippen molar-refractivity contribution in [2.45, 2.75) is 13.0 Å². The maximum atomic E-state index is 14.6. The van der Waals surface area contributed by atoms with Gasteiger partial charge in [0, 0.05) is 24.8 Å². The summed E-state index contributed by atoms with van der Waals surface area (Å²) in [5, 5.41) is 11.2. The number of carbonyl (C=O) groups is 2. The molecule has 1 heterocycles. The van der Waals surface area contributed by atoms with E-state index in [1.807, 2.05) is 0 Å². The summed E-state index contributed by atoms with van der Waals surface area (Å²) < 4.78 is 25.0. The minimum absolute atomic E-state index is 0.0564. The Kier molecular flexibility index (Phi) is 6.74. The second kappa shape index (κ2) is 9.28.